The summed E-state index contributed by atoms with van der Waals surface area (Å²) in [6.45, 7) is 3.83. The molecule has 0 radical (unpaired) electrons. The van der Waals surface area contributed by atoms with Crippen molar-refractivity contribution < 1.29 is 9.53 Å². The number of amides is 1. The number of ether oxygens (including phenoxy) is 1. The van der Waals surface area contributed by atoms with Gasteiger partial charge in [0.2, 0.25) is 11.8 Å². The van der Waals surface area contributed by atoms with E-state index in [-0.39, 0.29) is 6.10 Å². The first-order chi connectivity index (χ1) is 8.56. The molecule has 18 heavy (non-hydrogen) atoms. The highest BCUT2D eigenvalue weighted by atomic mass is 16.5. The first-order valence-corrected chi connectivity index (χ1v) is 5.54. The number of hydrogen-bond acceptors (Lipinski definition) is 4. The van der Waals surface area contributed by atoms with Crippen LogP contribution in [0.5, 0.6) is 5.88 Å². The quantitative estimate of drug-likeness (QED) is 0.794. The third kappa shape index (κ3) is 2.65. The van der Waals surface area contributed by atoms with Gasteiger partial charge in [-0.2, -0.15) is 0 Å². The number of carbonyl (C=O) groups is 1. The second kappa shape index (κ2) is 4.87. The molecule has 0 saturated heterocycles. The van der Waals surface area contributed by atoms with E-state index in [1.54, 1.807) is 18.5 Å². The Morgan fingerprint density at radius 1 is 1.56 bits per heavy atom. The van der Waals surface area contributed by atoms with E-state index in [4.69, 9.17) is 10.5 Å². The van der Waals surface area contributed by atoms with E-state index in [0.717, 1.165) is 5.56 Å². The first kappa shape index (κ1) is 12.1. The van der Waals surface area contributed by atoms with Crippen LogP contribution in [-0.4, -0.2) is 27.0 Å². The number of aromatic nitrogens is 3. The Hall–Kier alpha value is -2.37. The molecule has 0 unspecified atom stereocenters. The van der Waals surface area contributed by atoms with Crippen molar-refractivity contribution in [3.05, 3.63) is 24.0 Å². The molecule has 0 bridgehead atoms. The summed E-state index contributed by atoms with van der Waals surface area (Å²) in [5.74, 6) is -0.0577. The molecule has 0 fully saturated rings. The van der Waals surface area contributed by atoms with E-state index in [9.17, 15) is 4.79 Å². The van der Waals surface area contributed by atoms with Gasteiger partial charge in [0, 0.05) is 17.8 Å². The summed E-state index contributed by atoms with van der Waals surface area (Å²) in [7, 11) is 0. The second-order valence-corrected chi connectivity index (χ2v) is 4.05. The molecule has 94 valence electrons. The third-order valence-electron chi connectivity index (χ3n) is 2.17. The van der Waals surface area contributed by atoms with E-state index in [1.165, 1.54) is 6.08 Å². The number of carbonyl (C=O) groups excluding carboxylic acids is 1. The van der Waals surface area contributed by atoms with Crippen molar-refractivity contribution in [2.24, 2.45) is 5.73 Å². The fraction of sp³-hybridized carbons (Fsp3) is 0.250. The Labute approximate surface area is 104 Å². The van der Waals surface area contributed by atoms with E-state index >= 15 is 0 Å². The maximum atomic E-state index is 10.7. The second-order valence-electron chi connectivity index (χ2n) is 4.05. The Bertz CT molecular complexity index is 601. The Morgan fingerprint density at radius 3 is 3.00 bits per heavy atom. The molecule has 0 aromatic carbocycles. The molecular formula is C12H14N4O2. The fourth-order valence-electron chi connectivity index (χ4n) is 1.49. The van der Waals surface area contributed by atoms with Crippen molar-refractivity contribution in [3.63, 3.8) is 0 Å². The Balaban J connectivity index is 2.40. The highest BCUT2D eigenvalue weighted by Gasteiger charge is 2.07. The minimum absolute atomic E-state index is 0.0281. The standard InChI is InChI=1S/C12H14N4O2/c1-7(2)18-10-6-15-12-11(16-10)8(5-14-12)3-4-9(13)17/h3-7H,1-2H3,(H2,13,17)(H,14,15)/b4-3+. The molecule has 2 rings (SSSR count). The molecule has 0 atom stereocenters. The van der Waals surface area contributed by atoms with Gasteiger partial charge in [-0.25, -0.2) is 9.97 Å². The predicted octanol–water partition coefficient (Wildman–Crippen LogP) is 1.24. The zero-order chi connectivity index (χ0) is 13.1. The number of hydrogen-bond donors (Lipinski definition) is 2. The van der Waals surface area contributed by atoms with Crippen LogP contribution in [-0.2, 0) is 4.79 Å². The largest absolute Gasteiger partial charge is 0.474 e. The number of fused-ring (bicyclic) bond motifs is 1. The SMILES string of the molecule is CC(C)Oc1cnc2[nH]cc(/C=C/C(N)=O)c2n1. The van der Waals surface area contributed by atoms with Gasteiger partial charge in [-0.1, -0.05) is 0 Å². The molecule has 6 heteroatoms. The van der Waals surface area contributed by atoms with Crippen molar-refractivity contribution in [3.8, 4) is 5.88 Å². The van der Waals surface area contributed by atoms with E-state index in [0.29, 0.717) is 17.0 Å². The fourth-order valence-corrected chi connectivity index (χ4v) is 1.49. The van der Waals surface area contributed by atoms with Crippen LogP contribution >= 0.6 is 0 Å². The smallest absolute Gasteiger partial charge is 0.241 e. The summed E-state index contributed by atoms with van der Waals surface area (Å²) in [5, 5.41) is 0. The van der Waals surface area contributed by atoms with Crippen LogP contribution < -0.4 is 10.5 Å². The number of rotatable bonds is 4. The van der Waals surface area contributed by atoms with Gasteiger partial charge in [-0.3, -0.25) is 4.79 Å². The van der Waals surface area contributed by atoms with Gasteiger partial charge in [0.15, 0.2) is 5.65 Å². The summed E-state index contributed by atoms with van der Waals surface area (Å²) in [6, 6.07) is 0. The molecule has 0 aliphatic rings. The van der Waals surface area contributed by atoms with Crippen LogP contribution in [0.2, 0.25) is 0 Å². The summed E-state index contributed by atoms with van der Waals surface area (Å²) in [6.07, 6.45) is 6.17. The predicted molar refractivity (Wildman–Crippen MR) is 67.9 cm³/mol. The third-order valence-corrected chi connectivity index (χ3v) is 2.17. The van der Waals surface area contributed by atoms with Crippen LogP contribution in [0.25, 0.3) is 17.2 Å². The van der Waals surface area contributed by atoms with Gasteiger partial charge in [-0.05, 0) is 19.9 Å². The number of primary amides is 1. The van der Waals surface area contributed by atoms with Crippen molar-refractivity contribution >= 4 is 23.1 Å². The van der Waals surface area contributed by atoms with Gasteiger partial charge < -0.3 is 15.5 Å². The van der Waals surface area contributed by atoms with Gasteiger partial charge in [0.05, 0.1) is 12.3 Å². The van der Waals surface area contributed by atoms with E-state index < -0.39 is 5.91 Å². The molecule has 0 spiro atoms. The number of aromatic amines is 1. The molecule has 0 saturated carbocycles. The van der Waals surface area contributed by atoms with Gasteiger partial charge in [-0.15, -0.1) is 0 Å². The molecule has 1 amide bonds. The molecule has 2 aromatic rings. The molecule has 6 nitrogen and oxygen atoms in total. The Kier molecular flexibility index (Phi) is 3.27. The maximum absolute atomic E-state index is 10.7. The maximum Gasteiger partial charge on any atom is 0.241 e. The summed E-state index contributed by atoms with van der Waals surface area (Å²) < 4.78 is 5.47. The minimum Gasteiger partial charge on any atom is -0.474 e. The summed E-state index contributed by atoms with van der Waals surface area (Å²) >= 11 is 0. The lowest BCUT2D eigenvalue weighted by Crippen LogP contribution is -2.07. The lowest BCUT2D eigenvalue weighted by atomic mass is 10.3. The lowest BCUT2D eigenvalue weighted by Gasteiger charge is -2.07. The van der Waals surface area contributed by atoms with Crippen LogP contribution in [0, 0.1) is 0 Å². The highest BCUT2D eigenvalue weighted by Crippen LogP contribution is 2.18. The van der Waals surface area contributed by atoms with Gasteiger partial charge in [0.1, 0.15) is 5.52 Å². The van der Waals surface area contributed by atoms with Crippen molar-refractivity contribution in [2.75, 3.05) is 0 Å². The van der Waals surface area contributed by atoms with Crippen molar-refractivity contribution in [1.82, 2.24) is 15.0 Å². The zero-order valence-corrected chi connectivity index (χ0v) is 10.2. The topological polar surface area (TPSA) is 93.9 Å². The van der Waals surface area contributed by atoms with Crippen LogP contribution in [0.4, 0.5) is 0 Å². The molecular weight excluding hydrogens is 232 g/mol. The normalized spacial score (nSPS) is 11.5. The monoisotopic (exact) mass is 246 g/mol. The molecule has 0 aliphatic carbocycles. The summed E-state index contributed by atoms with van der Waals surface area (Å²) in [4.78, 5) is 22.2. The number of nitrogens with one attached hydrogen (secondary N) is 1. The van der Waals surface area contributed by atoms with Gasteiger partial charge in [0.25, 0.3) is 0 Å². The number of nitrogens with two attached hydrogens (primary N) is 1. The van der Waals surface area contributed by atoms with Crippen molar-refractivity contribution in [2.45, 2.75) is 20.0 Å². The van der Waals surface area contributed by atoms with Crippen LogP contribution in [0.3, 0.4) is 0 Å². The average Bonchev–Trinajstić information content (AvgIpc) is 2.68. The van der Waals surface area contributed by atoms with Crippen molar-refractivity contribution in [1.29, 1.82) is 0 Å². The lowest BCUT2D eigenvalue weighted by molar-refractivity contribution is -0.113. The molecule has 0 aliphatic heterocycles. The first-order valence-electron chi connectivity index (χ1n) is 5.54. The number of H-pyrrole nitrogens is 1. The molecule has 2 aromatic heterocycles. The van der Waals surface area contributed by atoms with Gasteiger partial charge >= 0.3 is 0 Å². The number of nitrogens with zero attached hydrogens (tertiary/aromatic N) is 2. The highest BCUT2D eigenvalue weighted by molar-refractivity contribution is 5.93. The Morgan fingerprint density at radius 2 is 2.33 bits per heavy atom. The minimum atomic E-state index is -0.508. The molecule has 3 N–H and O–H groups in total. The van der Waals surface area contributed by atoms with Crippen LogP contribution in [0.1, 0.15) is 19.4 Å². The average molecular weight is 246 g/mol. The zero-order valence-electron chi connectivity index (χ0n) is 10.2. The molecule has 2 heterocycles. The van der Waals surface area contributed by atoms with E-state index in [1.807, 2.05) is 13.8 Å². The van der Waals surface area contributed by atoms with Crippen LogP contribution in [0.15, 0.2) is 18.5 Å². The summed E-state index contributed by atoms with van der Waals surface area (Å²) in [5.41, 5.74) is 7.07. The van der Waals surface area contributed by atoms with E-state index in [2.05, 4.69) is 15.0 Å².